The number of carbonyl (C=O) groups excluding carboxylic acids is 1. The van der Waals surface area contributed by atoms with E-state index in [4.69, 9.17) is 25.8 Å². The highest BCUT2D eigenvalue weighted by Crippen LogP contribution is 2.47. The first-order valence-electron chi connectivity index (χ1n) is 15.0. The summed E-state index contributed by atoms with van der Waals surface area (Å²) in [5.41, 5.74) is 4.29. The zero-order chi connectivity index (χ0) is 27.3. The Hall–Kier alpha value is -1.93. The summed E-state index contributed by atoms with van der Waals surface area (Å²) in [5, 5.41) is 0.800. The van der Waals surface area contributed by atoms with Gasteiger partial charge in [-0.1, -0.05) is 24.6 Å². The van der Waals surface area contributed by atoms with Crippen molar-refractivity contribution in [2.45, 2.75) is 63.1 Å². The van der Waals surface area contributed by atoms with Crippen molar-refractivity contribution in [2.75, 3.05) is 43.6 Å². The number of benzene rings is 2. The van der Waals surface area contributed by atoms with Gasteiger partial charge in [0.15, 0.2) is 0 Å². The van der Waals surface area contributed by atoms with Gasteiger partial charge in [0, 0.05) is 47.2 Å². The fourth-order valence-corrected chi connectivity index (χ4v) is 8.43. The average molecular weight is 583 g/mol. The molecular weight excluding hydrogens is 544 g/mol. The lowest BCUT2D eigenvalue weighted by molar-refractivity contribution is -0.139. The summed E-state index contributed by atoms with van der Waals surface area (Å²) < 4.78 is 22.4. The topological polar surface area (TPSA) is 60.0 Å². The van der Waals surface area contributed by atoms with Crippen molar-refractivity contribution in [1.82, 2.24) is 4.72 Å². The van der Waals surface area contributed by atoms with Crippen LogP contribution in [0.15, 0.2) is 36.4 Å². The minimum atomic E-state index is -0.120. The number of nitrogens with one attached hydrogen (secondary N) is 1. The summed E-state index contributed by atoms with van der Waals surface area (Å²) >= 11 is 7.85. The molecule has 0 aromatic heterocycles. The first kappa shape index (κ1) is 26.9. The molecule has 2 fully saturated rings. The number of halogens is 1. The van der Waals surface area contributed by atoms with Crippen LogP contribution in [0.1, 0.15) is 60.5 Å². The molecule has 214 valence electrons. The van der Waals surface area contributed by atoms with Crippen LogP contribution >= 0.6 is 23.5 Å². The van der Waals surface area contributed by atoms with Gasteiger partial charge in [-0.15, -0.1) is 0 Å². The minimum absolute atomic E-state index is 0.0718. The second kappa shape index (κ2) is 11.0. The largest absolute Gasteiger partial charge is 0.490 e. The number of ether oxygens (including phenoxy) is 3. The van der Waals surface area contributed by atoms with Crippen molar-refractivity contribution in [2.24, 2.45) is 17.8 Å². The van der Waals surface area contributed by atoms with E-state index in [0.717, 1.165) is 67.6 Å². The molecule has 40 heavy (non-hydrogen) atoms. The lowest BCUT2D eigenvalue weighted by Crippen LogP contribution is -2.51. The van der Waals surface area contributed by atoms with Crippen molar-refractivity contribution < 1.29 is 19.0 Å². The molecule has 2 aromatic rings. The Morgan fingerprint density at radius 3 is 2.92 bits per heavy atom. The maximum Gasteiger partial charge on any atom is 0.261 e. The Kier molecular flexibility index (Phi) is 7.44. The van der Waals surface area contributed by atoms with Gasteiger partial charge in [0.1, 0.15) is 5.75 Å². The van der Waals surface area contributed by atoms with E-state index >= 15 is 0 Å². The molecule has 2 aliphatic carbocycles. The van der Waals surface area contributed by atoms with E-state index in [9.17, 15) is 4.79 Å². The molecule has 1 amide bonds. The van der Waals surface area contributed by atoms with E-state index in [2.05, 4.69) is 28.7 Å². The van der Waals surface area contributed by atoms with Gasteiger partial charge in [-0.2, -0.15) is 0 Å². The third kappa shape index (κ3) is 5.01. The maximum atomic E-state index is 13.2. The Morgan fingerprint density at radius 2 is 2.05 bits per heavy atom. The molecule has 4 bridgehead atoms. The zero-order valence-corrected chi connectivity index (χ0v) is 24.8. The van der Waals surface area contributed by atoms with Crippen molar-refractivity contribution in [1.29, 1.82) is 0 Å². The highest BCUT2D eigenvalue weighted by molar-refractivity contribution is 7.97. The van der Waals surface area contributed by atoms with Crippen molar-refractivity contribution >= 4 is 35.1 Å². The van der Waals surface area contributed by atoms with Gasteiger partial charge in [0.2, 0.25) is 0 Å². The molecule has 0 unspecified atom stereocenters. The van der Waals surface area contributed by atoms with Crippen LogP contribution in [-0.2, 0) is 21.3 Å². The quantitative estimate of drug-likeness (QED) is 0.382. The van der Waals surface area contributed by atoms with Gasteiger partial charge in [0.25, 0.3) is 5.91 Å². The first-order valence-corrected chi connectivity index (χ1v) is 16.3. The minimum Gasteiger partial charge on any atom is -0.490 e. The number of hydrogen-bond acceptors (Lipinski definition) is 6. The number of carbonyl (C=O) groups is 1. The Balaban J connectivity index is 1.26. The summed E-state index contributed by atoms with van der Waals surface area (Å²) in [6.45, 7) is 6.05. The number of anilines is 1. The molecule has 1 N–H and O–H groups in total. The zero-order valence-electron chi connectivity index (χ0n) is 23.2. The van der Waals surface area contributed by atoms with Crippen LogP contribution in [0.3, 0.4) is 0 Å². The normalized spacial score (nSPS) is 34.0. The van der Waals surface area contributed by atoms with Gasteiger partial charge in [-0.25, -0.2) is 0 Å². The summed E-state index contributed by atoms with van der Waals surface area (Å²) in [5.74, 6) is 2.98. The van der Waals surface area contributed by atoms with Gasteiger partial charge < -0.3 is 19.1 Å². The summed E-state index contributed by atoms with van der Waals surface area (Å²) in [6.07, 6.45) is 7.08. The van der Waals surface area contributed by atoms with Crippen LogP contribution in [0.2, 0.25) is 5.02 Å². The number of rotatable bonds is 0. The van der Waals surface area contributed by atoms with Gasteiger partial charge in [-0.05, 0) is 97.3 Å². The lowest BCUT2D eigenvalue weighted by atomic mass is 9.67. The molecule has 8 heteroatoms. The second-order valence-corrected chi connectivity index (χ2v) is 13.9. The lowest BCUT2D eigenvalue weighted by Gasteiger charge is -2.48. The molecular formula is C32H39ClN2O4S. The number of hydrogen-bond donors (Lipinski definition) is 1. The van der Waals surface area contributed by atoms with Crippen LogP contribution < -0.4 is 14.4 Å². The van der Waals surface area contributed by atoms with Gasteiger partial charge in [0.05, 0.1) is 37.7 Å². The molecule has 5 aliphatic rings. The van der Waals surface area contributed by atoms with Crippen LogP contribution in [0, 0.1) is 17.8 Å². The van der Waals surface area contributed by atoms with E-state index < -0.39 is 0 Å². The monoisotopic (exact) mass is 582 g/mol. The van der Waals surface area contributed by atoms with Crippen LogP contribution in [-0.4, -0.2) is 56.8 Å². The van der Waals surface area contributed by atoms with Gasteiger partial charge in [-0.3, -0.25) is 9.52 Å². The molecule has 6 atom stereocenters. The van der Waals surface area contributed by atoms with E-state index in [-0.39, 0.29) is 23.5 Å². The van der Waals surface area contributed by atoms with Crippen LogP contribution in [0.25, 0.3) is 0 Å². The van der Waals surface area contributed by atoms with E-state index in [1.807, 2.05) is 24.3 Å². The second-order valence-electron chi connectivity index (χ2n) is 12.6. The summed E-state index contributed by atoms with van der Waals surface area (Å²) in [7, 11) is 0. The molecule has 1 spiro atoms. The van der Waals surface area contributed by atoms with Crippen molar-refractivity contribution in [3.8, 4) is 5.75 Å². The Morgan fingerprint density at radius 1 is 1.12 bits per heavy atom. The summed E-state index contributed by atoms with van der Waals surface area (Å²) in [6, 6.07) is 12.3. The Bertz CT molecular complexity index is 1280. The third-order valence-electron chi connectivity index (χ3n) is 10.1. The molecule has 6 nitrogen and oxygen atoms in total. The number of amides is 1. The van der Waals surface area contributed by atoms with E-state index in [1.54, 1.807) is 0 Å². The third-order valence-corrected chi connectivity index (χ3v) is 11.0. The predicted molar refractivity (Wildman–Crippen MR) is 160 cm³/mol. The predicted octanol–water partition coefficient (Wildman–Crippen LogP) is 6.04. The van der Waals surface area contributed by atoms with Gasteiger partial charge >= 0.3 is 0 Å². The fraction of sp³-hybridized carbons (Fsp3) is 0.594. The number of aryl methyl sites for hydroxylation is 1. The molecule has 3 aliphatic heterocycles. The highest BCUT2D eigenvalue weighted by atomic mass is 35.5. The average Bonchev–Trinajstić information content (AvgIpc) is 3.09. The number of nitrogens with zero attached hydrogens (tertiary/aromatic N) is 1. The smallest absolute Gasteiger partial charge is 0.261 e. The first-order chi connectivity index (χ1) is 19.5. The Labute approximate surface area is 246 Å². The van der Waals surface area contributed by atoms with Crippen LogP contribution in [0.5, 0.6) is 5.75 Å². The van der Waals surface area contributed by atoms with E-state index in [1.165, 1.54) is 35.9 Å². The molecule has 7 rings (SSSR count). The molecule has 2 aromatic carbocycles. The molecule has 3 heterocycles. The maximum absolute atomic E-state index is 13.2. The van der Waals surface area contributed by atoms with E-state index in [0.29, 0.717) is 36.5 Å². The molecule has 1 saturated carbocycles. The molecule has 1 saturated heterocycles. The van der Waals surface area contributed by atoms with Crippen LogP contribution in [0.4, 0.5) is 5.69 Å². The fourth-order valence-electron chi connectivity index (χ4n) is 7.71. The number of fused-ring (bicyclic) bond motifs is 7. The molecule has 0 radical (unpaired) electrons. The van der Waals surface area contributed by atoms with Crippen molar-refractivity contribution in [3.05, 3.63) is 58.1 Å². The standard InChI is InChI=1S/C32H39ClN2O4S/c1-20-17-38-30-15-29(20)37-11-12-40-34-31(36)22-5-9-28-27(14-22)35(16-23-4-7-25(23)30)18-32(19-39-28)10-2-3-21-13-24(33)6-8-26(21)32/h5-6,8-9,13-14,20,23,25,29-30H,2-4,7,10-12,15-19H2,1H3,(H,34,36)/t20-,23+,25-,29+,30-,32+/m1/s1. The highest BCUT2D eigenvalue weighted by Gasteiger charge is 2.46. The summed E-state index contributed by atoms with van der Waals surface area (Å²) in [4.78, 5) is 15.7. The van der Waals surface area contributed by atoms with Crippen molar-refractivity contribution in [3.63, 3.8) is 0 Å². The SMILES string of the molecule is C[C@@H]1CO[C@@H]2C[C@@H]1OCCSNC(=O)c1ccc3c(c1)N(C[C@@H]1CC[C@H]12)C[C@@]1(CCCc2cc(Cl)ccc21)CO3.